The summed E-state index contributed by atoms with van der Waals surface area (Å²) in [6.45, 7) is 0. The van der Waals surface area contributed by atoms with E-state index in [1.165, 1.54) is 24.3 Å². The lowest BCUT2D eigenvalue weighted by atomic mass is 10.0. The topological polar surface area (TPSA) is 195 Å². The first-order valence-corrected chi connectivity index (χ1v) is 15.6. The molecule has 13 heteroatoms. The molecule has 232 valence electrons. The van der Waals surface area contributed by atoms with Crippen molar-refractivity contribution in [1.82, 2.24) is 30.9 Å². The number of nitrogens with two attached hydrogens (primary N) is 1. The fourth-order valence-corrected chi connectivity index (χ4v) is 5.30. The number of nitrogens with one attached hydrogen (secondary N) is 5. The van der Waals surface area contributed by atoms with Crippen molar-refractivity contribution in [2.75, 3.05) is 12.0 Å². The maximum atomic E-state index is 13.5. The van der Waals surface area contributed by atoms with E-state index >= 15 is 0 Å². The van der Waals surface area contributed by atoms with Crippen LogP contribution >= 0.6 is 11.8 Å². The fraction of sp³-hybridized carbons (Fsp3) is 0.323. The summed E-state index contributed by atoms with van der Waals surface area (Å²) >= 11 is 1.51. The summed E-state index contributed by atoms with van der Waals surface area (Å²) in [6, 6.07) is 12.4. The molecule has 2 heterocycles. The Morgan fingerprint density at radius 1 is 0.864 bits per heavy atom. The molecular formula is C31H37N7O5S. The lowest BCUT2D eigenvalue weighted by molar-refractivity contribution is -0.142. The Bertz CT molecular complexity index is 1540. The van der Waals surface area contributed by atoms with Crippen molar-refractivity contribution in [3.05, 3.63) is 90.1 Å². The molecule has 12 nitrogen and oxygen atoms in total. The summed E-state index contributed by atoms with van der Waals surface area (Å²) in [5.74, 6) is -2.40. The van der Waals surface area contributed by atoms with Crippen LogP contribution in [-0.2, 0) is 38.4 Å². The lowest BCUT2D eigenvalue weighted by Gasteiger charge is -2.25. The third-order valence-corrected chi connectivity index (χ3v) is 7.85. The minimum atomic E-state index is -1.22. The number of aromatic nitrogens is 3. The second-order valence-corrected chi connectivity index (χ2v) is 11.4. The number of thioether (sulfide) groups is 1. The van der Waals surface area contributed by atoms with Gasteiger partial charge in [0.1, 0.15) is 18.1 Å². The van der Waals surface area contributed by atoms with Gasteiger partial charge in [-0.05, 0) is 42.0 Å². The standard InChI is InChI=1S/C31H37N7O5S/c1-44-12-11-25(36-28(39)23(32)14-20-16-34-24-10-6-5-9-22(20)24)29(40)37-26(15-21-17-33-18-35-21)30(41)38-27(31(42)43)13-19-7-3-2-4-8-19/h2-10,16-18,23,25-27,34H,11-15,32H2,1H3,(H,33,35)(H,36,39)(H,37,40)(H,38,41)(H,42,43). The number of aliphatic carboxylic acids is 1. The number of para-hydroxylation sites is 1. The van der Waals surface area contributed by atoms with Crippen molar-refractivity contribution in [3.63, 3.8) is 0 Å². The number of aromatic amines is 2. The quantitative estimate of drug-likeness (QED) is 0.0981. The number of carbonyl (C=O) groups excluding carboxylic acids is 3. The van der Waals surface area contributed by atoms with Crippen molar-refractivity contribution in [2.45, 2.75) is 49.9 Å². The van der Waals surface area contributed by atoms with Crippen LogP contribution in [0.15, 0.2) is 73.3 Å². The average Bonchev–Trinajstić information content (AvgIpc) is 3.69. The summed E-state index contributed by atoms with van der Waals surface area (Å²) < 4.78 is 0. The molecule has 0 aliphatic heterocycles. The van der Waals surface area contributed by atoms with Crippen LogP contribution in [0, 0.1) is 0 Å². The maximum Gasteiger partial charge on any atom is 0.326 e. The minimum Gasteiger partial charge on any atom is -0.480 e. The number of imidazole rings is 1. The van der Waals surface area contributed by atoms with Crippen LogP contribution in [0.5, 0.6) is 0 Å². The molecule has 0 spiro atoms. The summed E-state index contributed by atoms with van der Waals surface area (Å²) in [5.41, 5.74) is 9.38. The van der Waals surface area contributed by atoms with Crippen LogP contribution < -0.4 is 21.7 Å². The van der Waals surface area contributed by atoms with Crippen molar-refractivity contribution in [2.24, 2.45) is 5.73 Å². The van der Waals surface area contributed by atoms with Crippen molar-refractivity contribution < 1.29 is 24.3 Å². The Labute approximate surface area is 259 Å². The van der Waals surface area contributed by atoms with E-state index in [0.29, 0.717) is 17.9 Å². The third-order valence-electron chi connectivity index (χ3n) is 7.20. The van der Waals surface area contributed by atoms with Gasteiger partial charge >= 0.3 is 5.97 Å². The highest BCUT2D eigenvalue weighted by Crippen LogP contribution is 2.19. The van der Waals surface area contributed by atoms with E-state index in [1.54, 1.807) is 24.3 Å². The number of carboxylic acid groups (broad SMARTS) is 1. The predicted molar refractivity (Wildman–Crippen MR) is 169 cm³/mol. The SMILES string of the molecule is CSCCC(NC(=O)C(N)Cc1c[nH]c2ccccc12)C(=O)NC(Cc1cnc[nH]1)C(=O)NC(Cc1ccccc1)C(=O)O. The normalized spacial score (nSPS) is 13.9. The molecule has 44 heavy (non-hydrogen) atoms. The van der Waals surface area contributed by atoms with E-state index < -0.39 is 47.9 Å². The molecule has 4 atom stereocenters. The number of carbonyl (C=O) groups is 4. The van der Waals surface area contributed by atoms with E-state index in [4.69, 9.17) is 5.73 Å². The zero-order valence-corrected chi connectivity index (χ0v) is 25.1. The molecule has 2 aromatic heterocycles. The van der Waals surface area contributed by atoms with E-state index in [1.807, 2.05) is 42.8 Å². The summed E-state index contributed by atoms with van der Waals surface area (Å²) in [6.07, 6.45) is 7.30. The van der Waals surface area contributed by atoms with Gasteiger partial charge < -0.3 is 36.8 Å². The van der Waals surface area contributed by atoms with E-state index in [-0.39, 0.29) is 19.3 Å². The third kappa shape index (κ3) is 8.94. The molecule has 4 unspecified atom stereocenters. The Morgan fingerprint density at radius 2 is 1.55 bits per heavy atom. The summed E-state index contributed by atoms with van der Waals surface area (Å²) in [5, 5.41) is 18.8. The molecule has 0 saturated carbocycles. The largest absolute Gasteiger partial charge is 0.480 e. The van der Waals surface area contributed by atoms with E-state index in [9.17, 15) is 24.3 Å². The highest BCUT2D eigenvalue weighted by molar-refractivity contribution is 7.98. The zero-order chi connectivity index (χ0) is 31.5. The molecule has 0 radical (unpaired) electrons. The Hall–Kier alpha value is -4.62. The number of amides is 3. The smallest absolute Gasteiger partial charge is 0.326 e. The Balaban J connectivity index is 1.45. The lowest BCUT2D eigenvalue weighted by Crippen LogP contribution is -2.58. The van der Waals surface area contributed by atoms with Crippen LogP contribution in [0.3, 0.4) is 0 Å². The van der Waals surface area contributed by atoms with Crippen LogP contribution in [0.25, 0.3) is 10.9 Å². The molecule has 4 aromatic rings. The second kappa shape index (κ2) is 15.7. The number of H-pyrrole nitrogens is 2. The van der Waals surface area contributed by atoms with Gasteiger partial charge in [0.15, 0.2) is 0 Å². The minimum absolute atomic E-state index is 0.0263. The first kappa shape index (κ1) is 32.3. The number of nitrogens with zero attached hydrogens (tertiary/aromatic N) is 1. The van der Waals surface area contributed by atoms with Gasteiger partial charge in [0.2, 0.25) is 17.7 Å². The van der Waals surface area contributed by atoms with Gasteiger partial charge in [-0.25, -0.2) is 9.78 Å². The summed E-state index contributed by atoms with van der Waals surface area (Å²) in [4.78, 5) is 62.2. The molecule has 2 aromatic carbocycles. The van der Waals surface area contributed by atoms with E-state index in [0.717, 1.165) is 22.0 Å². The predicted octanol–water partition coefficient (Wildman–Crippen LogP) is 1.54. The van der Waals surface area contributed by atoms with Gasteiger partial charge in [-0.2, -0.15) is 11.8 Å². The first-order valence-electron chi connectivity index (χ1n) is 14.2. The maximum absolute atomic E-state index is 13.5. The Morgan fingerprint density at radius 3 is 2.25 bits per heavy atom. The number of benzene rings is 2. The van der Waals surface area contributed by atoms with Crippen molar-refractivity contribution >= 4 is 46.4 Å². The monoisotopic (exact) mass is 619 g/mol. The number of fused-ring (bicyclic) bond motifs is 1. The number of rotatable bonds is 16. The highest BCUT2D eigenvalue weighted by atomic mass is 32.2. The van der Waals surface area contributed by atoms with Gasteiger partial charge in [0.25, 0.3) is 0 Å². The fourth-order valence-electron chi connectivity index (χ4n) is 4.83. The van der Waals surface area contributed by atoms with Gasteiger partial charge in [-0.1, -0.05) is 48.5 Å². The van der Waals surface area contributed by atoms with Crippen LogP contribution in [0.4, 0.5) is 0 Å². The molecular weight excluding hydrogens is 582 g/mol. The molecule has 0 fully saturated rings. The number of carboxylic acids is 1. The number of hydrogen-bond acceptors (Lipinski definition) is 7. The second-order valence-electron chi connectivity index (χ2n) is 10.4. The Kier molecular flexibility index (Phi) is 11.5. The van der Waals surface area contributed by atoms with E-state index in [2.05, 4.69) is 30.9 Å². The molecule has 0 saturated heterocycles. The molecule has 4 rings (SSSR count). The molecule has 3 amide bonds. The zero-order valence-electron chi connectivity index (χ0n) is 24.3. The van der Waals surface area contributed by atoms with Crippen molar-refractivity contribution in [1.29, 1.82) is 0 Å². The molecule has 8 N–H and O–H groups in total. The number of hydrogen-bond donors (Lipinski definition) is 7. The summed E-state index contributed by atoms with van der Waals surface area (Å²) in [7, 11) is 0. The van der Waals surface area contributed by atoms with Gasteiger partial charge in [-0.3, -0.25) is 14.4 Å². The van der Waals surface area contributed by atoms with Gasteiger partial charge in [0, 0.05) is 41.8 Å². The van der Waals surface area contributed by atoms with Crippen LogP contribution in [-0.4, -0.2) is 79.9 Å². The van der Waals surface area contributed by atoms with Crippen LogP contribution in [0.2, 0.25) is 0 Å². The average molecular weight is 620 g/mol. The van der Waals surface area contributed by atoms with Gasteiger partial charge in [-0.15, -0.1) is 0 Å². The van der Waals surface area contributed by atoms with Gasteiger partial charge in [0.05, 0.1) is 12.4 Å². The molecule has 0 bridgehead atoms. The molecule has 0 aliphatic rings. The van der Waals surface area contributed by atoms with Crippen molar-refractivity contribution in [3.8, 4) is 0 Å². The highest BCUT2D eigenvalue weighted by Gasteiger charge is 2.31. The molecule has 0 aliphatic carbocycles. The first-order chi connectivity index (χ1) is 21.2. The van der Waals surface area contributed by atoms with Crippen LogP contribution in [0.1, 0.15) is 23.2 Å².